The Morgan fingerprint density at radius 2 is 1.83 bits per heavy atom. The van der Waals surface area contributed by atoms with Gasteiger partial charge in [-0.25, -0.2) is 0 Å². The zero-order valence-corrected chi connectivity index (χ0v) is 16.3. The summed E-state index contributed by atoms with van der Waals surface area (Å²) in [6.45, 7) is 0.751. The van der Waals surface area contributed by atoms with Gasteiger partial charge in [-0.05, 0) is 35.9 Å². The summed E-state index contributed by atoms with van der Waals surface area (Å²) in [5.41, 5.74) is 2.21. The van der Waals surface area contributed by atoms with Gasteiger partial charge in [-0.15, -0.1) is 0 Å². The van der Waals surface area contributed by atoms with E-state index < -0.39 is 6.04 Å². The third-order valence-electron chi connectivity index (χ3n) is 5.61. The molecule has 0 saturated carbocycles. The van der Waals surface area contributed by atoms with Crippen LogP contribution in [0.15, 0.2) is 79.1 Å². The van der Waals surface area contributed by atoms with Gasteiger partial charge in [-0.1, -0.05) is 36.4 Å². The van der Waals surface area contributed by atoms with Gasteiger partial charge in [-0.2, -0.15) is 0 Å². The van der Waals surface area contributed by atoms with Crippen LogP contribution in [0.25, 0.3) is 0 Å². The number of para-hydroxylation sites is 2. The monoisotopic (exact) mass is 399 g/mol. The number of carbonyl (C=O) groups is 2. The van der Waals surface area contributed by atoms with Gasteiger partial charge in [0.25, 0.3) is 5.91 Å². The number of likely N-dealkylation sites (tertiary alicyclic amines) is 1. The van der Waals surface area contributed by atoms with Crippen molar-refractivity contribution in [2.45, 2.75) is 25.1 Å². The molecule has 2 aromatic carbocycles. The van der Waals surface area contributed by atoms with Gasteiger partial charge in [0.15, 0.2) is 0 Å². The van der Waals surface area contributed by atoms with E-state index in [9.17, 15) is 9.59 Å². The van der Waals surface area contributed by atoms with Crippen LogP contribution in [0.4, 0.5) is 5.69 Å². The van der Waals surface area contributed by atoms with E-state index in [1.807, 2.05) is 54.6 Å². The smallest absolute Gasteiger partial charge is 0.254 e. The highest BCUT2D eigenvalue weighted by molar-refractivity contribution is 6.03. The Bertz CT molecular complexity index is 1070. The summed E-state index contributed by atoms with van der Waals surface area (Å²) < 4.78 is 6.26. The van der Waals surface area contributed by atoms with Crippen LogP contribution in [0.3, 0.4) is 0 Å². The van der Waals surface area contributed by atoms with Gasteiger partial charge in [0.05, 0.1) is 18.8 Å². The van der Waals surface area contributed by atoms with Gasteiger partial charge in [0, 0.05) is 24.4 Å². The number of benzene rings is 2. The highest BCUT2D eigenvalue weighted by Crippen LogP contribution is 2.37. The first kappa shape index (κ1) is 18.4. The molecule has 6 nitrogen and oxygen atoms in total. The molecule has 2 atom stereocenters. The number of aromatic nitrogens is 1. The lowest BCUT2D eigenvalue weighted by Crippen LogP contribution is -2.47. The lowest BCUT2D eigenvalue weighted by Gasteiger charge is -2.31. The van der Waals surface area contributed by atoms with Crippen LogP contribution >= 0.6 is 0 Å². The zero-order chi connectivity index (χ0) is 20.5. The van der Waals surface area contributed by atoms with E-state index in [0.29, 0.717) is 30.8 Å². The summed E-state index contributed by atoms with van der Waals surface area (Å²) in [7, 11) is 0. The number of ether oxygens (including phenoxy) is 1. The highest BCUT2D eigenvalue weighted by Gasteiger charge is 2.45. The molecule has 3 heterocycles. The van der Waals surface area contributed by atoms with Crippen molar-refractivity contribution in [3.05, 3.63) is 90.3 Å². The quantitative estimate of drug-likeness (QED) is 0.678. The van der Waals surface area contributed by atoms with Crippen LogP contribution in [0, 0.1) is 0 Å². The summed E-state index contributed by atoms with van der Waals surface area (Å²) in [4.78, 5) is 34.5. The lowest BCUT2D eigenvalue weighted by molar-refractivity contribution is -0.122. The molecule has 5 rings (SSSR count). The Labute approximate surface area is 174 Å². The van der Waals surface area contributed by atoms with E-state index in [4.69, 9.17) is 4.74 Å². The third-order valence-corrected chi connectivity index (χ3v) is 5.61. The number of fused-ring (bicyclic) bond motifs is 3. The van der Waals surface area contributed by atoms with E-state index in [1.54, 1.807) is 34.3 Å². The Kier molecular flexibility index (Phi) is 4.67. The van der Waals surface area contributed by atoms with Gasteiger partial charge in [0.2, 0.25) is 5.91 Å². The first-order chi connectivity index (χ1) is 14.7. The first-order valence-corrected chi connectivity index (χ1v) is 10.0. The van der Waals surface area contributed by atoms with Crippen molar-refractivity contribution in [3.63, 3.8) is 0 Å². The topological polar surface area (TPSA) is 62.7 Å². The fraction of sp³-hybridized carbons (Fsp3) is 0.208. The number of anilines is 1. The van der Waals surface area contributed by atoms with Crippen molar-refractivity contribution in [1.82, 2.24) is 9.88 Å². The average Bonchev–Trinajstić information content (AvgIpc) is 3.22. The van der Waals surface area contributed by atoms with E-state index in [2.05, 4.69) is 4.98 Å². The molecule has 1 fully saturated rings. The summed E-state index contributed by atoms with van der Waals surface area (Å²) in [5, 5.41) is 0. The highest BCUT2D eigenvalue weighted by atomic mass is 16.5. The van der Waals surface area contributed by atoms with Crippen molar-refractivity contribution >= 4 is 17.5 Å². The van der Waals surface area contributed by atoms with Crippen molar-refractivity contribution in [2.24, 2.45) is 0 Å². The minimum atomic E-state index is -0.562. The molecule has 6 heteroatoms. The summed E-state index contributed by atoms with van der Waals surface area (Å²) >= 11 is 0. The molecule has 0 unspecified atom stereocenters. The standard InChI is InChI=1S/C24H21N3O3/c28-23(18-8-2-1-3-9-18)27-16-19-13-21(27)24(29)26(15-17-7-6-12-25-14-17)20-10-4-5-11-22(20)30-19/h1-12,14,19,21H,13,15-16H2/t19-,21-/m0/s1. The molecule has 2 bridgehead atoms. The maximum atomic E-state index is 13.7. The van der Waals surface area contributed by atoms with Crippen LogP contribution in [0.1, 0.15) is 22.3 Å². The normalized spacial score (nSPS) is 20.2. The van der Waals surface area contributed by atoms with E-state index in [-0.39, 0.29) is 17.9 Å². The maximum absolute atomic E-state index is 13.7. The average molecular weight is 399 g/mol. The fourth-order valence-corrected chi connectivity index (χ4v) is 4.18. The van der Waals surface area contributed by atoms with Crippen LogP contribution in [0.5, 0.6) is 5.75 Å². The predicted octanol–water partition coefficient (Wildman–Crippen LogP) is 3.29. The van der Waals surface area contributed by atoms with Crippen molar-refractivity contribution in [2.75, 3.05) is 11.4 Å². The van der Waals surface area contributed by atoms with Gasteiger partial charge >= 0.3 is 0 Å². The van der Waals surface area contributed by atoms with Crippen LogP contribution in [-0.4, -0.2) is 40.4 Å². The maximum Gasteiger partial charge on any atom is 0.254 e. The molecular formula is C24H21N3O3. The Morgan fingerprint density at radius 3 is 2.63 bits per heavy atom. The molecule has 2 aliphatic rings. The fourth-order valence-electron chi connectivity index (χ4n) is 4.18. The van der Waals surface area contributed by atoms with Crippen LogP contribution < -0.4 is 9.64 Å². The molecule has 1 aromatic heterocycles. The predicted molar refractivity (Wildman–Crippen MR) is 112 cm³/mol. The first-order valence-electron chi connectivity index (χ1n) is 10.0. The third kappa shape index (κ3) is 3.30. The molecule has 0 radical (unpaired) electrons. The van der Waals surface area contributed by atoms with Gasteiger partial charge in [0.1, 0.15) is 17.9 Å². The van der Waals surface area contributed by atoms with Crippen LogP contribution in [0.2, 0.25) is 0 Å². The summed E-state index contributed by atoms with van der Waals surface area (Å²) in [6, 6.07) is 19.9. The van der Waals surface area contributed by atoms with Crippen molar-refractivity contribution < 1.29 is 14.3 Å². The summed E-state index contributed by atoms with van der Waals surface area (Å²) in [5.74, 6) is 0.418. The molecule has 0 N–H and O–H groups in total. The zero-order valence-electron chi connectivity index (χ0n) is 16.3. The molecule has 30 heavy (non-hydrogen) atoms. The number of carbonyl (C=O) groups excluding carboxylic acids is 2. The molecule has 1 saturated heterocycles. The van der Waals surface area contributed by atoms with E-state index in [1.165, 1.54) is 0 Å². The molecule has 0 spiro atoms. The van der Waals surface area contributed by atoms with Crippen molar-refractivity contribution in [1.29, 1.82) is 0 Å². The van der Waals surface area contributed by atoms with Crippen LogP contribution in [-0.2, 0) is 11.3 Å². The minimum absolute atomic E-state index is 0.0959. The van der Waals surface area contributed by atoms with Gasteiger partial charge in [-0.3, -0.25) is 14.6 Å². The molecule has 3 aromatic rings. The molecule has 2 aliphatic heterocycles. The second kappa shape index (κ2) is 7.63. The SMILES string of the molecule is O=C1[C@@H]2C[C@@H](CN2C(=O)c2ccccc2)Oc2ccccc2N1Cc1cccnc1. The number of amides is 2. The van der Waals surface area contributed by atoms with Crippen molar-refractivity contribution in [3.8, 4) is 5.75 Å². The van der Waals surface area contributed by atoms with E-state index in [0.717, 1.165) is 11.3 Å². The summed E-state index contributed by atoms with van der Waals surface area (Å²) in [6.07, 6.45) is 3.72. The second-order valence-corrected chi connectivity index (χ2v) is 7.57. The largest absolute Gasteiger partial charge is 0.486 e. The Morgan fingerprint density at radius 1 is 1.03 bits per heavy atom. The second-order valence-electron chi connectivity index (χ2n) is 7.57. The number of hydrogen-bond donors (Lipinski definition) is 0. The van der Waals surface area contributed by atoms with Gasteiger partial charge < -0.3 is 14.5 Å². The number of rotatable bonds is 3. The molecule has 2 amide bonds. The lowest BCUT2D eigenvalue weighted by atomic mass is 10.1. The number of nitrogens with zero attached hydrogens (tertiary/aromatic N) is 3. The molecule has 0 aliphatic carbocycles. The Hall–Kier alpha value is -3.67. The number of hydrogen-bond acceptors (Lipinski definition) is 4. The van der Waals surface area contributed by atoms with E-state index >= 15 is 0 Å². The number of pyridine rings is 1. The Balaban J connectivity index is 1.53. The minimum Gasteiger partial charge on any atom is -0.486 e. The molecule has 150 valence electrons. The molecular weight excluding hydrogens is 378 g/mol.